The van der Waals surface area contributed by atoms with E-state index in [4.69, 9.17) is 9.47 Å². The highest BCUT2D eigenvalue weighted by molar-refractivity contribution is 9.11. The number of carbonyl (C=O) groups is 2. The van der Waals surface area contributed by atoms with Gasteiger partial charge in [0.15, 0.2) is 6.10 Å². The van der Waals surface area contributed by atoms with Gasteiger partial charge >= 0.3 is 5.97 Å². The Bertz CT molecular complexity index is 1500. The molecule has 0 saturated heterocycles. The minimum Gasteiger partial charge on any atom is -0.479 e. The molecule has 1 N–H and O–H groups in total. The third-order valence-corrected chi connectivity index (χ3v) is 6.84. The average molecular weight is 636 g/mol. The predicted octanol–water partition coefficient (Wildman–Crippen LogP) is 7.29. The van der Waals surface area contributed by atoms with Gasteiger partial charge in [-0.05, 0) is 69.0 Å². The summed E-state index contributed by atoms with van der Waals surface area (Å²) in [4.78, 5) is 25.2. The van der Waals surface area contributed by atoms with Crippen LogP contribution in [0.2, 0.25) is 0 Å². The largest absolute Gasteiger partial charge is 0.479 e. The fourth-order valence-corrected chi connectivity index (χ4v) is 4.57. The van der Waals surface area contributed by atoms with Crippen molar-refractivity contribution < 1.29 is 19.1 Å². The zero-order valence-corrected chi connectivity index (χ0v) is 23.6. The zero-order chi connectivity index (χ0) is 26.9. The van der Waals surface area contributed by atoms with Crippen molar-refractivity contribution in [3.8, 4) is 11.5 Å². The molecule has 1 amide bonds. The molecule has 0 heterocycles. The van der Waals surface area contributed by atoms with Crippen LogP contribution in [0.25, 0.3) is 16.8 Å². The number of hydrogen-bond acceptors (Lipinski definition) is 5. The number of esters is 1. The summed E-state index contributed by atoms with van der Waals surface area (Å²) in [7, 11) is 0. The van der Waals surface area contributed by atoms with E-state index in [1.807, 2.05) is 73.7 Å². The van der Waals surface area contributed by atoms with Gasteiger partial charge in [-0.25, -0.2) is 10.2 Å². The third kappa shape index (κ3) is 7.18. The topological polar surface area (TPSA) is 77.0 Å². The first-order valence-corrected chi connectivity index (χ1v) is 13.4. The summed E-state index contributed by atoms with van der Waals surface area (Å²) in [6.45, 7) is 1.86. The highest BCUT2D eigenvalue weighted by atomic mass is 79.9. The highest BCUT2D eigenvalue weighted by Gasteiger charge is 2.20. The zero-order valence-electron chi connectivity index (χ0n) is 20.4. The Kier molecular flexibility index (Phi) is 9.46. The van der Waals surface area contributed by atoms with Crippen LogP contribution in [0.3, 0.4) is 0 Å². The van der Waals surface area contributed by atoms with Crippen LogP contribution in [0.1, 0.15) is 24.5 Å². The maximum Gasteiger partial charge on any atom is 0.336 e. The van der Waals surface area contributed by atoms with Crippen LogP contribution in [0.5, 0.6) is 11.5 Å². The molecular weight excluding hydrogens is 612 g/mol. The second-order valence-electron chi connectivity index (χ2n) is 8.20. The molecule has 38 heavy (non-hydrogen) atoms. The van der Waals surface area contributed by atoms with E-state index >= 15 is 0 Å². The van der Waals surface area contributed by atoms with Crippen LogP contribution in [-0.2, 0) is 9.59 Å². The van der Waals surface area contributed by atoms with E-state index < -0.39 is 18.0 Å². The van der Waals surface area contributed by atoms with E-state index in [1.54, 1.807) is 24.3 Å². The first-order chi connectivity index (χ1) is 18.4. The molecule has 4 aromatic carbocycles. The Morgan fingerprint density at radius 3 is 2.47 bits per heavy atom. The monoisotopic (exact) mass is 634 g/mol. The summed E-state index contributed by atoms with van der Waals surface area (Å²) in [6, 6.07) is 26.3. The number of nitrogens with one attached hydrogen (secondary N) is 1. The summed E-state index contributed by atoms with van der Waals surface area (Å²) >= 11 is 7.01. The smallest absolute Gasteiger partial charge is 0.336 e. The standard InChI is InChI=1S/C30H24Br2N2O4/c1-2-25(37-27-15-13-21-10-6-7-11-24(21)29(27)32)30(36)34-33-19-22-18-23(31)14-16-26(22)38-28(35)17-12-20-8-4-3-5-9-20/h3-19,25H,2H2,1H3,(H,34,36)/b17-12+,33-19-/t25-/m0/s1. The van der Waals surface area contributed by atoms with Crippen LogP contribution >= 0.6 is 31.9 Å². The SMILES string of the molecule is CC[C@H](Oc1ccc2ccccc2c1Br)C(=O)N/N=C\c1cc(Br)ccc1OC(=O)/C=C/c1ccccc1. The van der Waals surface area contributed by atoms with Gasteiger partial charge in [0.1, 0.15) is 11.5 Å². The molecule has 192 valence electrons. The summed E-state index contributed by atoms with van der Waals surface area (Å²) in [5.41, 5.74) is 3.92. The van der Waals surface area contributed by atoms with Crippen LogP contribution < -0.4 is 14.9 Å². The van der Waals surface area contributed by atoms with Crippen molar-refractivity contribution in [2.75, 3.05) is 0 Å². The lowest BCUT2D eigenvalue weighted by atomic mass is 10.1. The molecule has 0 unspecified atom stereocenters. The Balaban J connectivity index is 1.42. The van der Waals surface area contributed by atoms with Crippen LogP contribution in [0, 0.1) is 0 Å². The molecule has 0 aliphatic heterocycles. The Morgan fingerprint density at radius 2 is 1.68 bits per heavy atom. The number of amides is 1. The maximum atomic E-state index is 12.8. The Morgan fingerprint density at radius 1 is 0.947 bits per heavy atom. The number of fused-ring (bicyclic) bond motifs is 1. The van der Waals surface area contributed by atoms with Crippen molar-refractivity contribution in [1.29, 1.82) is 0 Å². The molecule has 4 aromatic rings. The van der Waals surface area contributed by atoms with Crippen LogP contribution in [0.4, 0.5) is 0 Å². The second-order valence-corrected chi connectivity index (χ2v) is 9.90. The van der Waals surface area contributed by atoms with E-state index in [2.05, 4.69) is 42.4 Å². The van der Waals surface area contributed by atoms with E-state index in [0.29, 0.717) is 23.5 Å². The minimum absolute atomic E-state index is 0.303. The lowest BCUT2D eigenvalue weighted by molar-refractivity contribution is -0.129. The summed E-state index contributed by atoms with van der Waals surface area (Å²) in [5, 5.41) is 6.14. The molecule has 6 nitrogen and oxygen atoms in total. The number of rotatable bonds is 9. The summed E-state index contributed by atoms with van der Waals surface area (Å²) in [5.74, 6) is -0.0601. The molecule has 0 aromatic heterocycles. The second kappa shape index (κ2) is 13.2. The van der Waals surface area contributed by atoms with Gasteiger partial charge in [0.05, 0.1) is 10.7 Å². The van der Waals surface area contributed by atoms with Crippen molar-refractivity contribution in [2.45, 2.75) is 19.4 Å². The molecule has 4 rings (SSSR count). The van der Waals surface area contributed by atoms with Crippen molar-refractivity contribution in [3.63, 3.8) is 0 Å². The Hall–Kier alpha value is -3.75. The van der Waals surface area contributed by atoms with E-state index in [0.717, 1.165) is 25.3 Å². The third-order valence-electron chi connectivity index (χ3n) is 5.53. The molecule has 1 atom stereocenters. The van der Waals surface area contributed by atoms with Gasteiger partial charge in [-0.1, -0.05) is 83.5 Å². The number of halogens is 2. The molecule has 0 spiro atoms. The lowest BCUT2D eigenvalue weighted by Crippen LogP contribution is -2.35. The van der Waals surface area contributed by atoms with Crippen molar-refractivity contribution in [3.05, 3.63) is 111 Å². The molecule has 0 bridgehead atoms. The molecule has 0 radical (unpaired) electrons. The molecule has 0 aliphatic carbocycles. The summed E-state index contributed by atoms with van der Waals surface area (Å²) < 4.78 is 13.1. The Labute approximate surface area is 237 Å². The quantitative estimate of drug-likeness (QED) is 0.0689. The molecule has 8 heteroatoms. The van der Waals surface area contributed by atoms with Gasteiger partial charge in [-0.3, -0.25) is 4.79 Å². The van der Waals surface area contributed by atoms with Gasteiger partial charge in [-0.2, -0.15) is 5.10 Å². The number of hydrazone groups is 1. The van der Waals surface area contributed by atoms with Gasteiger partial charge in [0.25, 0.3) is 5.91 Å². The molecule has 0 saturated carbocycles. The van der Waals surface area contributed by atoms with Crippen LogP contribution in [0.15, 0.2) is 105 Å². The minimum atomic E-state index is -0.757. The molecular formula is C30H24Br2N2O4. The van der Waals surface area contributed by atoms with Gasteiger partial charge in [0.2, 0.25) is 0 Å². The molecule has 0 aliphatic rings. The maximum absolute atomic E-state index is 12.8. The summed E-state index contributed by atoms with van der Waals surface area (Å²) in [6.07, 6.45) is 4.13. The number of benzene rings is 4. The van der Waals surface area contributed by atoms with E-state index in [1.165, 1.54) is 12.3 Å². The molecule has 0 fully saturated rings. The van der Waals surface area contributed by atoms with E-state index in [-0.39, 0.29) is 0 Å². The highest BCUT2D eigenvalue weighted by Crippen LogP contribution is 2.34. The van der Waals surface area contributed by atoms with Crippen molar-refractivity contribution >= 4 is 66.8 Å². The van der Waals surface area contributed by atoms with Crippen molar-refractivity contribution in [2.24, 2.45) is 5.10 Å². The fourth-order valence-electron chi connectivity index (χ4n) is 3.60. The number of carbonyl (C=O) groups excluding carboxylic acids is 2. The normalized spacial score (nSPS) is 12.1. The van der Waals surface area contributed by atoms with Crippen molar-refractivity contribution in [1.82, 2.24) is 5.43 Å². The van der Waals surface area contributed by atoms with Gasteiger partial charge in [-0.15, -0.1) is 0 Å². The lowest BCUT2D eigenvalue weighted by Gasteiger charge is -2.17. The first-order valence-electron chi connectivity index (χ1n) is 11.9. The first kappa shape index (κ1) is 27.3. The number of ether oxygens (including phenoxy) is 2. The average Bonchev–Trinajstić information content (AvgIpc) is 2.93. The van der Waals surface area contributed by atoms with Crippen LogP contribution in [-0.4, -0.2) is 24.2 Å². The predicted molar refractivity (Wildman–Crippen MR) is 157 cm³/mol. The number of nitrogens with zero attached hydrogens (tertiary/aromatic N) is 1. The number of hydrogen-bond donors (Lipinski definition) is 1. The van der Waals surface area contributed by atoms with Gasteiger partial charge < -0.3 is 9.47 Å². The fraction of sp³-hybridized carbons (Fsp3) is 0.100. The van der Waals surface area contributed by atoms with E-state index in [9.17, 15) is 9.59 Å². The van der Waals surface area contributed by atoms with Gasteiger partial charge in [0, 0.05) is 16.1 Å².